The van der Waals surface area contributed by atoms with E-state index in [0.717, 1.165) is 53.7 Å². The number of amides is 1. The molecule has 3 aromatic carbocycles. The number of halogens is 6. The van der Waals surface area contributed by atoms with E-state index in [9.17, 15) is 31.1 Å². The Morgan fingerprint density at radius 3 is 2.02 bits per heavy atom. The van der Waals surface area contributed by atoms with Crippen molar-refractivity contribution >= 4 is 16.8 Å². The van der Waals surface area contributed by atoms with Crippen molar-refractivity contribution in [2.75, 3.05) is 13.1 Å². The molecule has 1 amide bonds. The molecule has 42 heavy (non-hydrogen) atoms. The predicted octanol–water partition coefficient (Wildman–Crippen LogP) is 7.59. The van der Waals surface area contributed by atoms with Crippen LogP contribution in [0.5, 0.6) is 0 Å². The molecule has 222 valence electrons. The summed E-state index contributed by atoms with van der Waals surface area (Å²) in [6.07, 6.45) is -7.46. The summed E-state index contributed by atoms with van der Waals surface area (Å²) in [5, 5.41) is 1.15. The van der Waals surface area contributed by atoms with E-state index in [1.807, 2.05) is 29.2 Å². The number of likely N-dealkylation sites (tertiary alicyclic amines) is 1. The van der Waals surface area contributed by atoms with Crippen LogP contribution in [0.25, 0.3) is 10.9 Å². The third kappa shape index (κ3) is 6.48. The predicted molar refractivity (Wildman–Crippen MR) is 149 cm³/mol. The molecule has 1 aliphatic rings. The Hall–Kier alpha value is -3.79. The maximum atomic E-state index is 13.3. The number of carbonyl (C=O) groups excluding carboxylic acids is 1. The Morgan fingerprint density at radius 2 is 1.45 bits per heavy atom. The highest BCUT2D eigenvalue weighted by Gasteiger charge is 2.37. The van der Waals surface area contributed by atoms with Crippen molar-refractivity contribution in [3.8, 4) is 0 Å². The summed E-state index contributed by atoms with van der Waals surface area (Å²) in [6, 6.07) is 17.3. The third-order valence-electron chi connectivity index (χ3n) is 8.18. The van der Waals surface area contributed by atoms with E-state index >= 15 is 0 Å². The van der Waals surface area contributed by atoms with E-state index in [1.165, 1.54) is 5.56 Å². The van der Waals surface area contributed by atoms with E-state index < -0.39 is 29.4 Å². The number of alkyl halides is 6. The Morgan fingerprint density at radius 1 is 0.857 bits per heavy atom. The van der Waals surface area contributed by atoms with Crippen LogP contribution >= 0.6 is 0 Å². The number of benzene rings is 3. The summed E-state index contributed by atoms with van der Waals surface area (Å²) in [7, 11) is 0. The highest BCUT2D eigenvalue weighted by Crippen LogP contribution is 2.37. The number of hydrogen-bond donors (Lipinski definition) is 1. The Labute approximate surface area is 239 Å². The van der Waals surface area contributed by atoms with Gasteiger partial charge >= 0.3 is 12.4 Å². The first-order valence-electron chi connectivity index (χ1n) is 13.8. The van der Waals surface area contributed by atoms with Crippen LogP contribution in [0.4, 0.5) is 26.3 Å². The lowest BCUT2D eigenvalue weighted by atomic mass is 9.95. The number of carbonyl (C=O) groups is 1. The van der Waals surface area contributed by atoms with Crippen LogP contribution in [0.1, 0.15) is 56.7 Å². The van der Waals surface area contributed by atoms with Crippen LogP contribution in [0, 0.1) is 12.8 Å². The fraction of sp³-hybridized carbons (Fsp3) is 0.344. The van der Waals surface area contributed by atoms with Gasteiger partial charge < -0.3 is 10.3 Å². The first kappa shape index (κ1) is 29.7. The zero-order chi connectivity index (χ0) is 30.2. The van der Waals surface area contributed by atoms with Gasteiger partial charge in [0.1, 0.15) is 0 Å². The van der Waals surface area contributed by atoms with Gasteiger partial charge in [0, 0.05) is 35.2 Å². The number of rotatable bonds is 7. The third-order valence-corrected chi connectivity index (χ3v) is 8.18. The minimum absolute atomic E-state index is 0.0105. The van der Waals surface area contributed by atoms with Gasteiger partial charge in [0.2, 0.25) is 5.91 Å². The minimum Gasteiger partial charge on any atom is -0.366 e. The molecule has 1 aliphatic heterocycles. The molecule has 5 rings (SSSR count). The van der Waals surface area contributed by atoms with Crippen LogP contribution in [-0.2, 0) is 31.9 Å². The van der Waals surface area contributed by atoms with Crippen LogP contribution in [0.2, 0.25) is 0 Å². The second-order valence-corrected chi connectivity index (χ2v) is 11.1. The number of nitrogens with two attached hydrogens (primary N) is 1. The molecule has 2 N–H and O–H groups in total. The molecule has 0 spiro atoms. The molecule has 0 atom stereocenters. The smallest absolute Gasteiger partial charge is 0.366 e. The largest absolute Gasteiger partial charge is 0.416 e. The molecule has 2 heterocycles. The summed E-state index contributed by atoms with van der Waals surface area (Å²) < 4.78 is 82.0. The van der Waals surface area contributed by atoms with Gasteiger partial charge in [-0.15, -0.1) is 0 Å². The lowest BCUT2D eigenvalue weighted by Gasteiger charge is -2.33. The van der Waals surface area contributed by atoms with E-state index in [0.29, 0.717) is 31.0 Å². The average Bonchev–Trinajstić information content (AvgIpc) is 3.19. The van der Waals surface area contributed by atoms with E-state index in [2.05, 4.69) is 23.6 Å². The Kier molecular flexibility index (Phi) is 8.11. The lowest BCUT2D eigenvalue weighted by molar-refractivity contribution is -0.143. The molecular weight excluding hydrogens is 556 g/mol. The first-order valence-corrected chi connectivity index (χ1v) is 13.8. The number of primary amides is 1. The highest BCUT2D eigenvalue weighted by atomic mass is 19.4. The number of para-hydroxylation sites is 1. The number of nitrogens with zero attached hydrogens (tertiary/aromatic N) is 2. The molecule has 0 unspecified atom stereocenters. The van der Waals surface area contributed by atoms with Gasteiger partial charge in [-0.3, -0.25) is 9.69 Å². The molecule has 1 aromatic heterocycles. The molecule has 0 aliphatic carbocycles. The van der Waals surface area contributed by atoms with Crippen LogP contribution in [0.3, 0.4) is 0 Å². The van der Waals surface area contributed by atoms with Gasteiger partial charge in [0.05, 0.1) is 11.1 Å². The minimum atomic E-state index is -4.85. The molecule has 0 bridgehead atoms. The summed E-state index contributed by atoms with van der Waals surface area (Å²) in [6.45, 7) is 4.06. The van der Waals surface area contributed by atoms with Crippen LogP contribution < -0.4 is 5.73 Å². The van der Waals surface area contributed by atoms with Crippen molar-refractivity contribution < 1.29 is 31.1 Å². The number of hydrogen-bond acceptors (Lipinski definition) is 2. The maximum Gasteiger partial charge on any atom is 0.416 e. The second-order valence-electron chi connectivity index (χ2n) is 11.1. The lowest BCUT2D eigenvalue weighted by Crippen LogP contribution is -2.34. The zero-order valence-electron chi connectivity index (χ0n) is 23.0. The first-order chi connectivity index (χ1) is 19.8. The van der Waals surface area contributed by atoms with Crippen LogP contribution in [0.15, 0.2) is 66.7 Å². The molecule has 10 heteroatoms. The molecule has 4 nitrogen and oxygen atoms in total. The van der Waals surface area contributed by atoms with Gasteiger partial charge in [-0.2, -0.15) is 26.3 Å². The van der Waals surface area contributed by atoms with Gasteiger partial charge in [0.15, 0.2) is 0 Å². The van der Waals surface area contributed by atoms with Gasteiger partial charge in [0.25, 0.3) is 0 Å². The van der Waals surface area contributed by atoms with E-state index in [4.69, 9.17) is 5.73 Å². The maximum absolute atomic E-state index is 13.3. The van der Waals surface area contributed by atoms with Gasteiger partial charge in [-0.05, 0) is 98.3 Å². The fourth-order valence-electron chi connectivity index (χ4n) is 5.91. The monoisotopic (exact) mass is 587 g/mol. The molecule has 0 radical (unpaired) electrons. The van der Waals surface area contributed by atoms with Crippen molar-refractivity contribution in [1.29, 1.82) is 0 Å². The van der Waals surface area contributed by atoms with Crippen molar-refractivity contribution in [3.05, 3.63) is 106 Å². The topological polar surface area (TPSA) is 51.3 Å². The molecule has 1 saturated heterocycles. The molecule has 0 saturated carbocycles. The van der Waals surface area contributed by atoms with Crippen molar-refractivity contribution in [1.82, 2.24) is 9.47 Å². The summed E-state index contributed by atoms with van der Waals surface area (Å²) >= 11 is 0. The molecular formula is C32H31F6N3O. The average molecular weight is 588 g/mol. The molecule has 4 aromatic rings. The molecule has 1 fully saturated rings. The SMILES string of the molecule is Cc1c(Cc2ccc(C(N)=O)cc2)c2ccccc2n1CC1CCN(Cc2cc(C(F)(F)F)cc(C(F)(F)F)c2)CC1. The van der Waals surface area contributed by atoms with Crippen molar-refractivity contribution in [3.63, 3.8) is 0 Å². The summed E-state index contributed by atoms with van der Waals surface area (Å²) in [5.41, 5.74) is 7.78. The number of piperidine rings is 1. The standard InChI is InChI=1S/C32H31F6N3O/c1-20-28(16-21-6-8-24(9-7-21)30(39)42)27-4-2-3-5-29(27)41(20)19-22-10-12-40(13-11-22)18-23-14-25(31(33,34)35)17-26(15-23)32(36,37)38/h2-9,14-15,17,22H,10-13,16,18-19H2,1H3,(H2,39,42). The van der Waals surface area contributed by atoms with E-state index in [-0.39, 0.29) is 18.2 Å². The Balaban J connectivity index is 1.29. The van der Waals surface area contributed by atoms with Crippen LogP contribution in [-0.4, -0.2) is 28.5 Å². The van der Waals surface area contributed by atoms with Crippen molar-refractivity contribution in [2.45, 2.75) is 51.6 Å². The van der Waals surface area contributed by atoms with Gasteiger partial charge in [-0.1, -0.05) is 30.3 Å². The quantitative estimate of drug-likeness (QED) is 0.227. The fourth-order valence-corrected chi connectivity index (χ4v) is 5.91. The van der Waals surface area contributed by atoms with Crippen molar-refractivity contribution in [2.24, 2.45) is 11.7 Å². The highest BCUT2D eigenvalue weighted by molar-refractivity contribution is 5.92. The second kappa shape index (κ2) is 11.5. The summed E-state index contributed by atoms with van der Waals surface area (Å²) in [5.74, 6) is -0.160. The zero-order valence-corrected chi connectivity index (χ0v) is 23.0. The Bertz CT molecular complexity index is 1550. The number of aromatic nitrogens is 1. The van der Waals surface area contributed by atoms with Gasteiger partial charge in [-0.25, -0.2) is 0 Å². The summed E-state index contributed by atoms with van der Waals surface area (Å²) in [4.78, 5) is 13.4. The normalized spacial score (nSPS) is 15.4. The number of fused-ring (bicyclic) bond motifs is 1. The van der Waals surface area contributed by atoms with E-state index in [1.54, 1.807) is 12.1 Å².